The Balaban J connectivity index is 1.83. The molecule has 0 bridgehead atoms. The number of rotatable bonds is 4. The lowest BCUT2D eigenvalue weighted by atomic mass is 9.76. The van der Waals surface area contributed by atoms with E-state index in [-0.39, 0.29) is 23.8 Å². The van der Waals surface area contributed by atoms with Crippen molar-refractivity contribution in [2.75, 3.05) is 11.9 Å². The Hall–Kier alpha value is -2.21. The molecule has 0 aromatic heterocycles. The summed E-state index contributed by atoms with van der Waals surface area (Å²) >= 11 is 0. The first-order valence-electron chi connectivity index (χ1n) is 9.54. The number of amides is 3. The average molecular weight is 355 g/mol. The first kappa shape index (κ1) is 17.2. The highest BCUT2D eigenvalue weighted by molar-refractivity contribution is 6.15. The van der Waals surface area contributed by atoms with Gasteiger partial charge in [0.1, 0.15) is 5.54 Å². The van der Waals surface area contributed by atoms with Crippen molar-refractivity contribution in [3.8, 4) is 0 Å². The second-order valence-electron chi connectivity index (χ2n) is 7.57. The quantitative estimate of drug-likeness (QED) is 0.807. The number of fused-ring (bicyclic) bond motifs is 4. The Morgan fingerprint density at radius 3 is 2.62 bits per heavy atom. The summed E-state index contributed by atoms with van der Waals surface area (Å²) in [5.41, 5.74) is 1.51. The molecule has 3 aliphatic heterocycles. The Labute approximate surface area is 153 Å². The van der Waals surface area contributed by atoms with E-state index in [4.69, 9.17) is 0 Å². The van der Waals surface area contributed by atoms with E-state index in [2.05, 4.69) is 10.6 Å². The Morgan fingerprint density at radius 2 is 1.92 bits per heavy atom. The van der Waals surface area contributed by atoms with E-state index in [0.29, 0.717) is 6.54 Å². The molecule has 0 aliphatic carbocycles. The smallest absolute Gasteiger partial charge is 0.250 e. The van der Waals surface area contributed by atoms with E-state index >= 15 is 0 Å². The maximum Gasteiger partial charge on any atom is 0.250 e. The predicted octanol–water partition coefficient (Wildman–Crippen LogP) is 1.79. The minimum atomic E-state index is -1.14. The zero-order chi connectivity index (χ0) is 18.6. The molecule has 3 heterocycles. The topological polar surface area (TPSA) is 78.5 Å². The number of nitrogens with one attached hydrogen (secondary N) is 2. The van der Waals surface area contributed by atoms with Gasteiger partial charge in [-0.1, -0.05) is 38.5 Å². The average Bonchev–Trinajstić information content (AvgIpc) is 3.18. The molecule has 3 amide bonds. The fourth-order valence-electron chi connectivity index (χ4n) is 4.94. The maximum atomic E-state index is 13.2. The highest BCUT2D eigenvalue weighted by Crippen LogP contribution is 2.53. The van der Waals surface area contributed by atoms with Crippen LogP contribution in [0.1, 0.15) is 44.7 Å². The van der Waals surface area contributed by atoms with Gasteiger partial charge in [-0.25, -0.2) is 0 Å². The van der Waals surface area contributed by atoms with Crippen molar-refractivity contribution in [3.63, 3.8) is 0 Å². The van der Waals surface area contributed by atoms with Crippen LogP contribution in [0, 0.1) is 11.8 Å². The van der Waals surface area contributed by atoms with Gasteiger partial charge in [-0.2, -0.15) is 0 Å². The molecule has 6 nitrogen and oxygen atoms in total. The molecule has 1 aromatic carbocycles. The lowest BCUT2D eigenvalue weighted by molar-refractivity contribution is -0.142. The SMILES string of the molecule is CCCCN1C(=O)C2C(C)NC3(C(=O)Nc4c(CC)cccc43)C2C1=O. The van der Waals surface area contributed by atoms with Gasteiger partial charge in [0.05, 0.1) is 11.8 Å². The number of aryl methyl sites for hydroxylation is 1. The first-order chi connectivity index (χ1) is 12.5. The molecule has 1 spiro atoms. The van der Waals surface area contributed by atoms with E-state index in [0.717, 1.165) is 36.1 Å². The van der Waals surface area contributed by atoms with Crippen molar-refractivity contribution in [2.24, 2.45) is 11.8 Å². The number of carbonyl (C=O) groups excluding carboxylic acids is 3. The highest BCUT2D eigenvalue weighted by atomic mass is 16.2. The van der Waals surface area contributed by atoms with Crippen LogP contribution in [0.25, 0.3) is 0 Å². The van der Waals surface area contributed by atoms with Gasteiger partial charge in [0.15, 0.2) is 0 Å². The maximum absolute atomic E-state index is 13.2. The molecule has 4 rings (SSSR count). The third-order valence-electron chi connectivity index (χ3n) is 6.19. The number of anilines is 1. The normalized spacial score (nSPS) is 32.3. The van der Waals surface area contributed by atoms with Gasteiger partial charge in [-0.3, -0.25) is 24.6 Å². The van der Waals surface area contributed by atoms with E-state index < -0.39 is 17.4 Å². The summed E-state index contributed by atoms with van der Waals surface area (Å²) < 4.78 is 0. The standard InChI is InChI=1S/C20H25N3O3/c1-4-6-10-23-17(24)14-11(3)22-20(15(14)18(23)25)13-9-7-8-12(5-2)16(13)21-19(20)26/h7-9,11,14-15,22H,4-6,10H2,1-3H3,(H,21,26). The highest BCUT2D eigenvalue weighted by Gasteiger charge is 2.69. The molecular weight excluding hydrogens is 330 g/mol. The molecule has 0 saturated carbocycles. The van der Waals surface area contributed by atoms with Crippen LogP contribution in [0.2, 0.25) is 0 Å². The largest absolute Gasteiger partial charge is 0.324 e. The molecule has 2 fully saturated rings. The summed E-state index contributed by atoms with van der Waals surface area (Å²) in [6.45, 7) is 6.41. The van der Waals surface area contributed by atoms with E-state index in [1.165, 1.54) is 4.90 Å². The van der Waals surface area contributed by atoms with Crippen molar-refractivity contribution in [3.05, 3.63) is 29.3 Å². The van der Waals surface area contributed by atoms with Gasteiger partial charge >= 0.3 is 0 Å². The fraction of sp³-hybridized carbons (Fsp3) is 0.550. The summed E-state index contributed by atoms with van der Waals surface area (Å²) in [6, 6.07) is 5.59. The fourth-order valence-corrected chi connectivity index (χ4v) is 4.94. The van der Waals surface area contributed by atoms with E-state index in [1.54, 1.807) is 0 Å². The third kappa shape index (κ3) is 1.99. The van der Waals surface area contributed by atoms with Crippen LogP contribution in [0.4, 0.5) is 5.69 Å². The first-order valence-corrected chi connectivity index (χ1v) is 9.54. The van der Waals surface area contributed by atoms with Gasteiger partial charge in [0.2, 0.25) is 17.7 Å². The number of hydrogen-bond donors (Lipinski definition) is 2. The molecule has 26 heavy (non-hydrogen) atoms. The van der Waals surface area contributed by atoms with Crippen LogP contribution in [0.3, 0.4) is 0 Å². The lowest BCUT2D eigenvalue weighted by Gasteiger charge is -2.29. The van der Waals surface area contributed by atoms with Crippen LogP contribution in [0.15, 0.2) is 18.2 Å². The van der Waals surface area contributed by atoms with E-state index in [1.807, 2.05) is 39.0 Å². The van der Waals surface area contributed by atoms with Crippen molar-refractivity contribution in [1.82, 2.24) is 10.2 Å². The Bertz CT molecular complexity index is 805. The molecular formula is C20H25N3O3. The van der Waals surface area contributed by atoms with Crippen LogP contribution >= 0.6 is 0 Å². The zero-order valence-corrected chi connectivity index (χ0v) is 15.5. The van der Waals surface area contributed by atoms with Gasteiger partial charge in [-0.15, -0.1) is 0 Å². The van der Waals surface area contributed by atoms with Crippen molar-refractivity contribution in [2.45, 2.75) is 51.6 Å². The summed E-state index contributed by atoms with van der Waals surface area (Å²) in [4.78, 5) is 40.6. The van der Waals surface area contributed by atoms with Gasteiger partial charge in [-0.05, 0) is 25.3 Å². The molecule has 1 aromatic rings. The zero-order valence-electron chi connectivity index (χ0n) is 15.5. The third-order valence-corrected chi connectivity index (χ3v) is 6.19. The molecule has 2 saturated heterocycles. The number of nitrogens with zero attached hydrogens (tertiary/aromatic N) is 1. The molecule has 4 atom stereocenters. The summed E-state index contributed by atoms with van der Waals surface area (Å²) in [5.74, 6) is -1.73. The van der Waals surface area contributed by atoms with Gasteiger partial charge in [0.25, 0.3) is 0 Å². The number of hydrogen-bond acceptors (Lipinski definition) is 4. The van der Waals surface area contributed by atoms with Gasteiger partial charge < -0.3 is 5.32 Å². The van der Waals surface area contributed by atoms with Crippen LogP contribution in [-0.4, -0.2) is 35.2 Å². The van der Waals surface area contributed by atoms with Gasteiger partial charge in [0, 0.05) is 23.8 Å². The van der Waals surface area contributed by atoms with Crippen LogP contribution in [0.5, 0.6) is 0 Å². The second-order valence-corrected chi connectivity index (χ2v) is 7.57. The molecule has 3 aliphatic rings. The number of likely N-dealkylation sites (tertiary alicyclic amines) is 1. The minimum absolute atomic E-state index is 0.141. The number of imide groups is 1. The van der Waals surface area contributed by atoms with Crippen LogP contribution in [-0.2, 0) is 26.3 Å². The Kier molecular flexibility index (Phi) is 3.91. The van der Waals surface area contributed by atoms with E-state index in [9.17, 15) is 14.4 Å². The molecule has 138 valence electrons. The summed E-state index contributed by atoms with van der Waals surface area (Å²) in [5, 5.41) is 6.34. The number of benzene rings is 1. The Morgan fingerprint density at radius 1 is 1.15 bits per heavy atom. The van der Waals surface area contributed by atoms with Crippen molar-refractivity contribution >= 4 is 23.4 Å². The number of carbonyl (C=O) groups is 3. The monoisotopic (exact) mass is 355 g/mol. The predicted molar refractivity (Wildman–Crippen MR) is 97.3 cm³/mol. The second kappa shape index (κ2) is 5.91. The minimum Gasteiger partial charge on any atom is -0.324 e. The number of para-hydroxylation sites is 1. The molecule has 0 radical (unpaired) electrons. The molecule has 2 N–H and O–H groups in total. The molecule has 4 unspecified atom stereocenters. The number of unbranched alkanes of at least 4 members (excludes halogenated alkanes) is 1. The van der Waals surface area contributed by atoms with Crippen molar-refractivity contribution < 1.29 is 14.4 Å². The summed E-state index contributed by atoms with van der Waals surface area (Å²) in [7, 11) is 0. The van der Waals surface area contributed by atoms with Crippen LogP contribution < -0.4 is 10.6 Å². The van der Waals surface area contributed by atoms with Crippen molar-refractivity contribution in [1.29, 1.82) is 0 Å². The lowest BCUT2D eigenvalue weighted by Crippen LogP contribution is -2.52. The molecule has 6 heteroatoms. The summed E-state index contributed by atoms with van der Waals surface area (Å²) in [6.07, 6.45) is 2.49.